The number of aromatic nitrogens is 4. The molecule has 11 nitrogen and oxygen atoms in total. The van der Waals surface area contributed by atoms with Crippen molar-refractivity contribution >= 4 is 23.5 Å². The van der Waals surface area contributed by atoms with Crippen LogP contribution in [0.1, 0.15) is 6.23 Å². The van der Waals surface area contributed by atoms with Gasteiger partial charge in [0, 0.05) is 14.1 Å². The second-order valence-corrected chi connectivity index (χ2v) is 6.25. The zero-order valence-corrected chi connectivity index (χ0v) is 15.0. The van der Waals surface area contributed by atoms with E-state index in [1.54, 1.807) is 25.1 Å². The minimum absolute atomic E-state index is 0.101. The number of imidazole rings is 1. The average Bonchev–Trinajstić information content (AvgIpc) is 3.19. The Morgan fingerprint density at radius 1 is 1.56 bits per heavy atom. The van der Waals surface area contributed by atoms with Crippen LogP contribution in [0.5, 0.6) is 0 Å². The Kier molecular flexibility index (Phi) is 5.65. The molecule has 0 spiro atoms. The van der Waals surface area contributed by atoms with Crippen LogP contribution in [0, 0.1) is 0 Å². The number of nitrogens with zero attached hydrogens (tertiary/aromatic N) is 5. The molecule has 0 bridgehead atoms. The molecule has 0 saturated carbocycles. The Labute approximate surface area is 154 Å². The van der Waals surface area contributed by atoms with Gasteiger partial charge in [-0.3, -0.25) is 14.3 Å². The number of aliphatic hydroxyl groups is 2. The molecule has 3 rings (SSSR count). The van der Waals surface area contributed by atoms with Crippen LogP contribution in [-0.2, 0) is 9.47 Å². The summed E-state index contributed by atoms with van der Waals surface area (Å²) in [5, 5.41) is 19.8. The number of aromatic amines is 1. The third-order valence-corrected chi connectivity index (χ3v) is 4.00. The van der Waals surface area contributed by atoms with Gasteiger partial charge in [0.2, 0.25) is 5.95 Å². The van der Waals surface area contributed by atoms with Gasteiger partial charge in [0.1, 0.15) is 18.3 Å². The molecule has 0 aliphatic carbocycles. The molecule has 1 saturated heterocycles. The molecule has 1 fully saturated rings. The monoisotopic (exact) mass is 378 g/mol. The second kappa shape index (κ2) is 7.96. The summed E-state index contributed by atoms with van der Waals surface area (Å²) in [5.41, 5.74) is -0.120. The van der Waals surface area contributed by atoms with Crippen molar-refractivity contribution in [1.29, 1.82) is 0 Å². The molecule has 27 heavy (non-hydrogen) atoms. The van der Waals surface area contributed by atoms with Crippen LogP contribution in [-0.4, -0.2) is 86.6 Å². The predicted octanol–water partition coefficient (Wildman–Crippen LogP) is -0.837. The van der Waals surface area contributed by atoms with Crippen molar-refractivity contribution in [2.24, 2.45) is 4.99 Å². The van der Waals surface area contributed by atoms with E-state index in [1.807, 2.05) is 0 Å². The van der Waals surface area contributed by atoms with E-state index in [-0.39, 0.29) is 30.3 Å². The van der Waals surface area contributed by atoms with Gasteiger partial charge in [-0.05, 0) is 0 Å². The minimum Gasteiger partial charge on any atom is -0.394 e. The lowest BCUT2D eigenvalue weighted by atomic mass is 10.1. The van der Waals surface area contributed by atoms with E-state index in [0.29, 0.717) is 0 Å². The average molecular weight is 378 g/mol. The van der Waals surface area contributed by atoms with E-state index in [4.69, 9.17) is 9.47 Å². The summed E-state index contributed by atoms with van der Waals surface area (Å²) < 4.78 is 12.8. The van der Waals surface area contributed by atoms with Crippen molar-refractivity contribution in [3.8, 4) is 0 Å². The fourth-order valence-electron chi connectivity index (χ4n) is 2.78. The van der Waals surface area contributed by atoms with Gasteiger partial charge in [0.25, 0.3) is 5.56 Å². The molecule has 2 aromatic heterocycles. The maximum atomic E-state index is 12.3. The quantitative estimate of drug-likeness (QED) is 0.322. The molecule has 2 aromatic rings. The lowest BCUT2D eigenvalue weighted by molar-refractivity contribution is -0.0645. The topological polar surface area (TPSA) is 138 Å². The number of ether oxygens (including phenoxy) is 2. The number of fused-ring (bicyclic) bond motifs is 1. The maximum absolute atomic E-state index is 12.3. The second-order valence-electron chi connectivity index (χ2n) is 6.25. The standard InChI is InChI=1S/C16H22N6O5/c1-4-5-26-12-11(24)9(6-23)27-15(12)22-8-17-10-13(22)19-16(20-14(10)25)18-7-21(2)3/h4,7-9,11-12,15,23-24H,1,5-6H2,2-3H3,(H,19,20,25)/b18-7+/t9-,11-,12-,15-/m1/s1. The largest absolute Gasteiger partial charge is 0.394 e. The van der Waals surface area contributed by atoms with Crippen molar-refractivity contribution in [3.63, 3.8) is 0 Å². The number of rotatable bonds is 7. The van der Waals surface area contributed by atoms with E-state index in [1.165, 1.54) is 17.2 Å². The summed E-state index contributed by atoms with van der Waals surface area (Å²) in [5.74, 6) is 0.101. The molecule has 1 aliphatic rings. The first-order valence-electron chi connectivity index (χ1n) is 8.30. The Morgan fingerprint density at radius 2 is 2.33 bits per heavy atom. The smallest absolute Gasteiger partial charge is 0.280 e. The summed E-state index contributed by atoms with van der Waals surface area (Å²) in [4.78, 5) is 29.0. The molecule has 3 N–H and O–H groups in total. The van der Waals surface area contributed by atoms with Crippen LogP contribution in [0.2, 0.25) is 0 Å². The van der Waals surface area contributed by atoms with Gasteiger partial charge in [-0.25, -0.2) is 9.98 Å². The molecule has 146 valence electrons. The SMILES string of the molecule is C=CCO[C@@H]1[C@H](O)[C@@H](CO)O[C@H]1n1cnc2c(=O)[nH]c(/N=C/N(C)C)nc21. The van der Waals surface area contributed by atoms with Gasteiger partial charge in [-0.2, -0.15) is 4.98 Å². The number of nitrogens with one attached hydrogen (secondary N) is 1. The number of hydrogen-bond donors (Lipinski definition) is 3. The number of hydrogen-bond acceptors (Lipinski definition) is 8. The first kappa shape index (κ1) is 19.2. The van der Waals surface area contributed by atoms with Gasteiger partial charge in [0.05, 0.1) is 25.9 Å². The molecule has 3 heterocycles. The molecular formula is C16H22N6O5. The van der Waals surface area contributed by atoms with Crippen molar-refractivity contribution < 1.29 is 19.7 Å². The Hall–Kier alpha value is -2.60. The number of aliphatic hydroxyl groups excluding tert-OH is 2. The summed E-state index contributed by atoms with van der Waals surface area (Å²) in [7, 11) is 3.57. The predicted molar refractivity (Wildman–Crippen MR) is 96.9 cm³/mol. The van der Waals surface area contributed by atoms with E-state index in [9.17, 15) is 15.0 Å². The van der Waals surface area contributed by atoms with Crippen molar-refractivity contribution in [2.75, 3.05) is 27.3 Å². The molecule has 0 radical (unpaired) electrons. The van der Waals surface area contributed by atoms with E-state index in [2.05, 4.69) is 26.5 Å². The number of aliphatic imine (C=N–C) groups is 1. The lowest BCUT2D eigenvalue weighted by Crippen LogP contribution is -2.35. The van der Waals surface area contributed by atoms with E-state index in [0.717, 1.165) is 0 Å². The molecule has 1 aliphatic heterocycles. The molecule has 0 aromatic carbocycles. The van der Waals surface area contributed by atoms with Crippen LogP contribution in [0.15, 0.2) is 28.8 Å². The van der Waals surface area contributed by atoms with Crippen LogP contribution in [0.3, 0.4) is 0 Å². The molecular weight excluding hydrogens is 356 g/mol. The normalized spacial score (nSPS) is 25.5. The highest BCUT2D eigenvalue weighted by Crippen LogP contribution is 2.33. The first-order chi connectivity index (χ1) is 13.0. The highest BCUT2D eigenvalue weighted by atomic mass is 16.6. The van der Waals surface area contributed by atoms with Crippen LogP contribution in [0.4, 0.5) is 5.95 Å². The highest BCUT2D eigenvalue weighted by molar-refractivity contribution is 5.71. The first-order valence-corrected chi connectivity index (χ1v) is 8.30. The highest BCUT2D eigenvalue weighted by Gasteiger charge is 2.45. The van der Waals surface area contributed by atoms with Gasteiger partial charge < -0.3 is 24.6 Å². The fourth-order valence-corrected chi connectivity index (χ4v) is 2.78. The van der Waals surface area contributed by atoms with Gasteiger partial charge in [-0.1, -0.05) is 6.08 Å². The van der Waals surface area contributed by atoms with Crippen LogP contribution < -0.4 is 5.56 Å². The third kappa shape index (κ3) is 3.76. The Morgan fingerprint density at radius 3 is 3.00 bits per heavy atom. The van der Waals surface area contributed by atoms with Crippen molar-refractivity contribution in [2.45, 2.75) is 24.5 Å². The van der Waals surface area contributed by atoms with E-state index < -0.39 is 30.1 Å². The zero-order valence-electron chi connectivity index (χ0n) is 15.0. The zero-order chi connectivity index (χ0) is 19.6. The maximum Gasteiger partial charge on any atom is 0.280 e. The third-order valence-electron chi connectivity index (χ3n) is 4.00. The van der Waals surface area contributed by atoms with Crippen molar-refractivity contribution in [1.82, 2.24) is 24.4 Å². The summed E-state index contributed by atoms with van der Waals surface area (Å²) in [6.07, 6.45) is 0.890. The molecule has 11 heteroatoms. The van der Waals surface area contributed by atoms with Crippen LogP contribution in [0.25, 0.3) is 11.2 Å². The molecule has 4 atom stereocenters. The Balaban J connectivity index is 2.04. The molecule has 0 amide bonds. The van der Waals surface area contributed by atoms with Crippen LogP contribution >= 0.6 is 0 Å². The van der Waals surface area contributed by atoms with Gasteiger partial charge in [-0.15, -0.1) is 6.58 Å². The summed E-state index contributed by atoms with van der Waals surface area (Å²) in [6.45, 7) is 3.38. The molecule has 0 unspecified atom stereocenters. The fraction of sp³-hybridized carbons (Fsp3) is 0.500. The minimum atomic E-state index is -1.06. The van der Waals surface area contributed by atoms with Gasteiger partial charge >= 0.3 is 0 Å². The van der Waals surface area contributed by atoms with E-state index >= 15 is 0 Å². The lowest BCUT2D eigenvalue weighted by Gasteiger charge is -2.21. The van der Waals surface area contributed by atoms with Crippen molar-refractivity contribution in [3.05, 3.63) is 29.3 Å². The number of H-pyrrole nitrogens is 1. The summed E-state index contributed by atoms with van der Waals surface area (Å²) in [6, 6.07) is 0. The van der Waals surface area contributed by atoms with Gasteiger partial charge in [0.15, 0.2) is 17.4 Å². The Bertz CT molecular complexity index is 891. The summed E-state index contributed by atoms with van der Waals surface area (Å²) >= 11 is 0.